The van der Waals surface area contributed by atoms with Gasteiger partial charge in [0.05, 0.1) is 10.8 Å². The highest BCUT2D eigenvalue weighted by Gasteiger charge is 2.49. The molecule has 0 radical (unpaired) electrons. The van der Waals surface area contributed by atoms with E-state index < -0.39 is 17.1 Å². The van der Waals surface area contributed by atoms with E-state index in [4.69, 9.17) is 9.97 Å². The van der Waals surface area contributed by atoms with Crippen molar-refractivity contribution in [3.63, 3.8) is 0 Å². The van der Waals surface area contributed by atoms with Crippen LogP contribution in [0.3, 0.4) is 0 Å². The second kappa shape index (κ2) is 11.1. The lowest BCUT2D eigenvalue weighted by atomic mass is 10.2. The molecule has 0 aliphatic carbocycles. The lowest BCUT2D eigenvalue weighted by Crippen LogP contribution is -2.41. The number of aromatic nitrogens is 2. The van der Waals surface area contributed by atoms with Crippen LogP contribution in [0, 0.1) is 0 Å². The summed E-state index contributed by atoms with van der Waals surface area (Å²) in [6.45, 7) is 0. The number of hydrogen-bond donors (Lipinski definition) is 0. The van der Waals surface area contributed by atoms with Crippen LogP contribution in [-0.4, -0.2) is 13.4 Å². The average molecular weight is 559 g/mol. The lowest BCUT2D eigenvalue weighted by molar-refractivity contribution is 0.592. The van der Waals surface area contributed by atoms with Crippen molar-refractivity contribution < 1.29 is 8.42 Å². The van der Waals surface area contributed by atoms with Crippen LogP contribution in [-0.2, 0) is 15.6 Å². The molecule has 0 atom stereocenters. The van der Waals surface area contributed by atoms with E-state index in [9.17, 15) is 8.42 Å². The Morgan fingerprint density at radius 3 is 1.40 bits per heavy atom. The van der Waals surface area contributed by atoms with Crippen LogP contribution in [0.2, 0.25) is 0 Å². The maximum absolute atomic E-state index is 14.3. The zero-order valence-corrected chi connectivity index (χ0v) is 23.4. The molecule has 6 aromatic rings. The second-order valence-corrected chi connectivity index (χ2v) is 14.7. The van der Waals surface area contributed by atoms with Gasteiger partial charge in [-0.1, -0.05) is 115 Å². The van der Waals surface area contributed by atoms with E-state index in [1.807, 2.05) is 115 Å². The van der Waals surface area contributed by atoms with Crippen molar-refractivity contribution >= 4 is 38.4 Å². The van der Waals surface area contributed by atoms with Crippen LogP contribution in [0.25, 0.3) is 11.4 Å². The summed E-state index contributed by atoms with van der Waals surface area (Å²) < 4.78 is 28.6. The van der Waals surface area contributed by atoms with Gasteiger partial charge in [0, 0.05) is 0 Å². The van der Waals surface area contributed by atoms with E-state index in [2.05, 4.69) is 36.4 Å². The molecule has 6 heteroatoms. The summed E-state index contributed by atoms with van der Waals surface area (Å²) in [7, 11) is -6.68. The van der Waals surface area contributed by atoms with Crippen molar-refractivity contribution in [2.75, 3.05) is 0 Å². The van der Waals surface area contributed by atoms with E-state index in [1.54, 1.807) is 0 Å². The largest absolute Gasteiger partial charge is 0.423 e. The molecule has 5 aromatic carbocycles. The number of benzene rings is 5. The smallest absolute Gasteiger partial charge is 0.182 e. The minimum atomic E-state index is -3.88. The molecule has 40 heavy (non-hydrogen) atoms. The van der Waals surface area contributed by atoms with Gasteiger partial charge in [-0.25, -0.2) is 8.42 Å². The summed E-state index contributed by atoms with van der Waals surface area (Å²) in [6, 6.07) is 49.3. The Morgan fingerprint density at radius 1 is 0.550 bits per heavy atom. The molecule has 0 N–H and O–H groups in total. The molecule has 0 saturated heterocycles. The molecule has 0 saturated carbocycles. The minimum absolute atomic E-state index is 0.0418. The number of hydrogen-bond acceptors (Lipinski definition) is 3. The van der Waals surface area contributed by atoms with Gasteiger partial charge < -0.3 is 9.97 Å². The van der Waals surface area contributed by atoms with Crippen molar-refractivity contribution in [1.82, 2.24) is 9.97 Å². The van der Waals surface area contributed by atoms with Gasteiger partial charge in [0.1, 0.15) is 28.6 Å². The third kappa shape index (κ3) is 4.79. The number of imidazole rings is 1. The van der Waals surface area contributed by atoms with Gasteiger partial charge in [0.25, 0.3) is 0 Å². The van der Waals surface area contributed by atoms with E-state index in [-0.39, 0.29) is 10.8 Å². The zero-order valence-electron chi connectivity index (χ0n) is 21.7. The van der Waals surface area contributed by atoms with Gasteiger partial charge in [-0.05, 0) is 53.3 Å². The molecule has 196 valence electrons. The van der Waals surface area contributed by atoms with E-state index in [0.29, 0.717) is 16.8 Å². The van der Waals surface area contributed by atoms with E-state index in [1.165, 1.54) is 0 Å². The second-order valence-electron chi connectivity index (χ2n) is 9.46. The topological polar surface area (TPSA) is 61.1 Å². The highest BCUT2D eigenvalue weighted by molar-refractivity contribution is 8.02. The normalized spacial score (nSPS) is 11.8. The van der Waals surface area contributed by atoms with Crippen molar-refractivity contribution in [3.05, 3.63) is 157 Å². The fraction of sp³-hybridized carbons (Fsp3) is 0.0294. The Hall–Kier alpha value is -4.31. The Kier molecular flexibility index (Phi) is 7.17. The van der Waals surface area contributed by atoms with Gasteiger partial charge in [-0.15, -0.1) is 0 Å². The summed E-state index contributed by atoms with van der Waals surface area (Å²) in [5.74, 6) is 0.251. The quantitative estimate of drug-likeness (QED) is 0.238. The van der Waals surface area contributed by atoms with Crippen LogP contribution in [0.1, 0.15) is 5.56 Å². The summed E-state index contributed by atoms with van der Waals surface area (Å²) in [5.41, 5.74) is 1.99. The average Bonchev–Trinajstić information content (AvgIpc) is 3.47. The van der Waals surface area contributed by atoms with Crippen LogP contribution in [0.15, 0.2) is 157 Å². The highest BCUT2D eigenvalue weighted by atomic mass is 32.2. The molecular formula is C34H27N2O2PS. The molecule has 0 spiro atoms. The van der Waals surface area contributed by atoms with E-state index in [0.717, 1.165) is 21.5 Å². The summed E-state index contributed by atoms with van der Waals surface area (Å²) in [6.07, 6.45) is 0. The van der Waals surface area contributed by atoms with Crippen molar-refractivity contribution in [2.45, 2.75) is 10.8 Å². The molecule has 0 aliphatic rings. The predicted octanol–water partition coefficient (Wildman–Crippen LogP) is 5.30. The molecule has 0 bridgehead atoms. The SMILES string of the molecule is O=S(=O)(Cc1ccccc1)c1[n-]c(-c2ccccc2)nc1[P+](c1ccccc1)(c1ccccc1)c1ccccc1. The standard InChI is InChI=1S/C34H27N2O2PS/c37-40(38,26-27-16-6-1-7-17-27)34-33(35-32(36-34)28-18-8-2-9-19-28)39(29-20-10-3-11-21-29,30-22-12-4-13-23-30)31-24-14-5-15-25-31/h1-25H,26H2. The first-order valence-corrected chi connectivity index (χ1v) is 16.5. The fourth-order valence-corrected chi connectivity index (χ4v) is 11.3. The number of rotatable bonds is 8. The Balaban J connectivity index is 1.72. The third-order valence-electron chi connectivity index (χ3n) is 6.88. The molecule has 4 nitrogen and oxygen atoms in total. The maximum atomic E-state index is 14.3. The van der Waals surface area contributed by atoms with Crippen LogP contribution in [0.4, 0.5) is 0 Å². The molecule has 1 aromatic heterocycles. The number of nitrogens with zero attached hydrogens (tertiary/aromatic N) is 2. The minimum Gasteiger partial charge on any atom is -0.423 e. The van der Waals surface area contributed by atoms with Crippen LogP contribution < -0.4 is 26.3 Å². The molecular weight excluding hydrogens is 531 g/mol. The third-order valence-corrected chi connectivity index (χ3v) is 12.8. The van der Waals surface area contributed by atoms with E-state index >= 15 is 0 Å². The molecule has 0 amide bonds. The molecule has 0 unspecified atom stereocenters. The summed E-state index contributed by atoms with van der Waals surface area (Å²) in [5, 5.41) is 3.09. The molecule has 1 heterocycles. The van der Waals surface area contributed by atoms with Crippen molar-refractivity contribution in [2.24, 2.45) is 0 Å². The monoisotopic (exact) mass is 558 g/mol. The number of sulfone groups is 1. The van der Waals surface area contributed by atoms with Crippen molar-refractivity contribution in [3.8, 4) is 11.4 Å². The first-order valence-electron chi connectivity index (χ1n) is 13.0. The first kappa shape index (κ1) is 25.9. The lowest BCUT2D eigenvalue weighted by Gasteiger charge is -2.29. The zero-order chi connectivity index (χ0) is 27.4. The Labute approximate surface area is 235 Å². The molecule has 6 rings (SSSR count). The predicted molar refractivity (Wildman–Crippen MR) is 165 cm³/mol. The summed E-state index contributed by atoms with van der Waals surface area (Å²) in [4.78, 5) is 9.97. The van der Waals surface area contributed by atoms with Crippen LogP contribution in [0.5, 0.6) is 0 Å². The van der Waals surface area contributed by atoms with Gasteiger partial charge in [-0.2, -0.15) is 0 Å². The molecule has 0 fully saturated rings. The van der Waals surface area contributed by atoms with Crippen molar-refractivity contribution in [1.29, 1.82) is 0 Å². The highest BCUT2D eigenvalue weighted by Crippen LogP contribution is 2.55. The van der Waals surface area contributed by atoms with Gasteiger partial charge in [-0.3, -0.25) is 0 Å². The fourth-order valence-electron chi connectivity index (χ4n) is 5.09. The van der Waals surface area contributed by atoms with Crippen LogP contribution >= 0.6 is 7.26 Å². The summed E-state index contributed by atoms with van der Waals surface area (Å²) >= 11 is 0. The maximum Gasteiger partial charge on any atom is 0.182 e. The Morgan fingerprint density at radius 2 is 0.950 bits per heavy atom. The van der Waals surface area contributed by atoms with Gasteiger partial charge >= 0.3 is 0 Å². The van der Waals surface area contributed by atoms with Gasteiger partial charge in [0.15, 0.2) is 9.84 Å². The first-order chi connectivity index (χ1) is 19.6. The molecule has 0 aliphatic heterocycles. The Bertz CT molecular complexity index is 1710. The van der Waals surface area contributed by atoms with Gasteiger partial charge in [0.2, 0.25) is 0 Å².